The zero-order chi connectivity index (χ0) is 71.8. The Morgan fingerprint density at radius 2 is 0.545 bits per heavy atom. The summed E-state index contributed by atoms with van der Waals surface area (Å²) in [6.07, 6.45) is 120. The maximum absolute atomic E-state index is 13.0. The van der Waals surface area contributed by atoms with Crippen LogP contribution in [-0.4, -0.2) is 82.3 Å². The van der Waals surface area contributed by atoms with Crippen molar-refractivity contribution in [2.45, 2.75) is 270 Å². The summed E-state index contributed by atoms with van der Waals surface area (Å²) in [4.78, 5) is 37.6. The van der Waals surface area contributed by atoms with Crippen molar-refractivity contribution in [2.24, 2.45) is 0 Å². The smallest absolute Gasteiger partial charge is 0.306 e. The molecule has 0 heterocycles. The molecule has 0 radical (unpaired) electrons. The van der Waals surface area contributed by atoms with Gasteiger partial charge in [0, 0.05) is 12.8 Å². The molecule has 0 N–H and O–H groups in total. The van der Waals surface area contributed by atoms with Gasteiger partial charge in [0.1, 0.15) is 13.2 Å². The average Bonchev–Trinajstić information content (AvgIpc) is 1.14. The number of ether oxygens (including phenoxy) is 4. The molecule has 99 heavy (non-hydrogen) atoms. The summed E-state index contributed by atoms with van der Waals surface area (Å²) in [5.74, 6) is -2.34. The van der Waals surface area contributed by atoms with E-state index in [-0.39, 0.29) is 38.6 Å². The van der Waals surface area contributed by atoms with Crippen molar-refractivity contribution in [3.05, 3.63) is 231 Å². The summed E-state index contributed by atoms with van der Waals surface area (Å²) >= 11 is 0. The molecule has 9 nitrogen and oxygen atoms in total. The summed E-state index contributed by atoms with van der Waals surface area (Å²) < 4.78 is 22.8. The van der Waals surface area contributed by atoms with Gasteiger partial charge in [0.05, 0.1) is 40.3 Å². The van der Waals surface area contributed by atoms with E-state index in [9.17, 15) is 19.5 Å². The molecule has 0 amide bonds. The zero-order valence-corrected chi connectivity index (χ0v) is 63.0. The highest BCUT2D eigenvalue weighted by Crippen LogP contribution is 2.15. The number of allylic oxidation sites excluding steroid dienone is 38. The number of carbonyl (C=O) groups is 3. The van der Waals surface area contributed by atoms with E-state index < -0.39 is 24.3 Å². The van der Waals surface area contributed by atoms with E-state index in [1.807, 2.05) is 21.1 Å². The molecule has 0 aliphatic heterocycles. The Bertz CT molecular complexity index is 2490. The number of carboxylic acid groups (broad SMARTS) is 1. The van der Waals surface area contributed by atoms with Crippen molar-refractivity contribution in [3.8, 4) is 0 Å². The van der Waals surface area contributed by atoms with Gasteiger partial charge in [0.15, 0.2) is 12.4 Å². The van der Waals surface area contributed by atoms with Gasteiger partial charge in [0.2, 0.25) is 0 Å². The number of rotatable bonds is 68. The molecule has 0 rings (SSSR count). The highest BCUT2D eigenvalue weighted by molar-refractivity contribution is 5.70. The molecule has 552 valence electrons. The van der Waals surface area contributed by atoms with Gasteiger partial charge in [-0.05, 0) is 161 Å². The predicted molar refractivity (Wildman–Crippen MR) is 425 cm³/mol. The summed E-state index contributed by atoms with van der Waals surface area (Å²) in [6.45, 7) is 4.46. The van der Waals surface area contributed by atoms with Crippen molar-refractivity contribution in [1.29, 1.82) is 0 Å². The molecular formula is C90H139NO8. The van der Waals surface area contributed by atoms with Crippen LogP contribution in [0.1, 0.15) is 258 Å². The van der Waals surface area contributed by atoms with E-state index in [0.29, 0.717) is 17.4 Å². The van der Waals surface area contributed by atoms with Crippen molar-refractivity contribution < 1.29 is 42.9 Å². The third-order valence-corrected chi connectivity index (χ3v) is 15.4. The van der Waals surface area contributed by atoms with Crippen LogP contribution in [0.25, 0.3) is 0 Å². The van der Waals surface area contributed by atoms with Gasteiger partial charge < -0.3 is 33.3 Å². The van der Waals surface area contributed by atoms with Crippen LogP contribution < -0.4 is 5.11 Å². The Morgan fingerprint density at radius 3 is 0.808 bits per heavy atom. The normalized spacial score (nSPS) is 14.0. The van der Waals surface area contributed by atoms with Crippen LogP contribution >= 0.6 is 0 Å². The van der Waals surface area contributed by atoms with E-state index in [0.717, 1.165) is 186 Å². The standard InChI is InChI=1S/C90H139NO8/c1-6-8-10-12-14-16-18-20-22-24-26-28-30-32-34-36-38-40-42-43-44-45-47-49-51-53-55-57-59-61-63-65-67-69-71-73-75-77-79-81-88(93)99-86(85-98-90(89(94)95)96-83-82-91(3,4)5)84-97-87(92)80-78-76-74-72-70-68-66-64-62-60-58-56-54-52-50-48-46-41-39-37-35-33-31-29-27-25-23-21-19-17-15-13-11-9-7-2/h8-11,14-17,20-23,26-29,32-35,38-41,43-44,47-50,53-56,59,61,65,67,86,90H,6-7,12-13,18-19,24-25,30-31,36-37,42,45-46,51-52,57-58,60,62-64,66,68-85H2,1-5H3/b10-8-,11-9-,16-14-,17-15-,22-20-,23-21-,28-26-,29-27-,34-32-,35-33-,40-38-,41-39-,44-43-,49-47-,50-48-,55-53-,56-54-,61-59-,67-65-. The second-order valence-corrected chi connectivity index (χ2v) is 25.8. The summed E-state index contributed by atoms with van der Waals surface area (Å²) in [5.41, 5.74) is 0. The Kier molecular flexibility index (Phi) is 71.9. The van der Waals surface area contributed by atoms with Gasteiger partial charge in [-0.15, -0.1) is 0 Å². The van der Waals surface area contributed by atoms with E-state index in [4.69, 9.17) is 18.9 Å². The maximum Gasteiger partial charge on any atom is 0.306 e. The van der Waals surface area contributed by atoms with Crippen LogP contribution in [0.15, 0.2) is 231 Å². The minimum absolute atomic E-state index is 0.130. The first-order valence-corrected chi connectivity index (χ1v) is 38.5. The molecule has 9 heteroatoms. The van der Waals surface area contributed by atoms with Gasteiger partial charge in [-0.25, -0.2) is 0 Å². The van der Waals surface area contributed by atoms with Gasteiger partial charge in [-0.1, -0.05) is 315 Å². The summed E-state index contributed by atoms with van der Waals surface area (Å²) in [6, 6.07) is 0. The third-order valence-electron chi connectivity index (χ3n) is 15.4. The lowest BCUT2D eigenvalue weighted by atomic mass is 10.1. The first-order chi connectivity index (χ1) is 48.6. The van der Waals surface area contributed by atoms with Crippen molar-refractivity contribution in [2.75, 3.05) is 47.5 Å². The van der Waals surface area contributed by atoms with Gasteiger partial charge in [0.25, 0.3) is 0 Å². The van der Waals surface area contributed by atoms with E-state index in [1.165, 1.54) is 38.5 Å². The van der Waals surface area contributed by atoms with Crippen LogP contribution in [0, 0.1) is 0 Å². The molecule has 0 aromatic heterocycles. The lowest BCUT2D eigenvalue weighted by Crippen LogP contribution is -2.44. The van der Waals surface area contributed by atoms with Crippen molar-refractivity contribution in [3.63, 3.8) is 0 Å². The Hall–Kier alpha value is -6.65. The van der Waals surface area contributed by atoms with Crippen molar-refractivity contribution in [1.82, 2.24) is 0 Å². The Balaban J connectivity index is 4.23. The second kappa shape index (κ2) is 77.1. The number of hydrogen-bond donors (Lipinski definition) is 0. The predicted octanol–water partition coefficient (Wildman–Crippen LogP) is 23.7. The molecular weight excluding hydrogens is 1220 g/mol. The van der Waals surface area contributed by atoms with Crippen LogP contribution in [0.4, 0.5) is 0 Å². The number of esters is 2. The van der Waals surface area contributed by atoms with Gasteiger partial charge in [-0.2, -0.15) is 0 Å². The molecule has 0 saturated heterocycles. The second-order valence-electron chi connectivity index (χ2n) is 25.8. The monoisotopic (exact) mass is 1360 g/mol. The average molecular weight is 1360 g/mol. The Morgan fingerprint density at radius 1 is 0.303 bits per heavy atom. The van der Waals surface area contributed by atoms with Gasteiger partial charge >= 0.3 is 11.9 Å². The number of nitrogens with zero attached hydrogens (tertiary/aromatic N) is 1. The van der Waals surface area contributed by atoms with Crippen molar-refractivity contribution >= 4 is 17.9 Å². The van der Waals surface area contributed by atoms with Crippen LogP contribution in [0.3, 0.4) is 0 Å². The van der Waals surface area contributed by atoms with E-state index >= 15 is 0 Å². The van der Waals surface area contributed by atoms with E-state index in [2.05, 4.69) is 245 Å². The molecule has 2 atom stereocenters. The fourth-order valence-electron chi connectivity index (χ4n) is 9.62. The Labute approximate surface area is 606 Å². The number of hydrogen-bond acceptors (Lipinski definition) is 8. The summed E-state index contributed by atoms with van der Waals surface area (Å²) in [7, 11) is 5.91. The molecule has 0 aliphatic carbocycles. The molecule has 0 aromatic carbocycles. The molecule has 0 saturated carbocycles. The quantitative estimate of drug-likeness (QED) is 0.0195. The number of carbonyl (C=O) groups excluding carboxylic acids is 3. The SMILES string of the molecule is CC/C=C\C/C=C\C/C=C\C/C=C\C/C=C\C/C=C\C/C=C\C/C=C\C/C=C\C/C=C\C/C=C\CCCCCCCC(=O)OC(COC(=O)CCCCCCCCCCCC/C=C\C/C=C\C/C=C\C/C=C\C/C=C\C/C=C\C/C=C\C/C=C\CC)COC(OCC[N+](C)(C)C)C(=O)[O-]. The molecule has 0 spiro atoms. The number of quaternary nitrogens is 1. The maximum atomic E-state index is 13.0. The minimum Gasteiger partial charge on any atom is -0.545 e. The minimum atomic E-state index is -1.65. The lowest BCUT2D eigenvalue weighted by Gasteiger charge is -2.26. The highest BCUT2D eigenvalue weighted by Gasteiger charge is 2.22. The topological polar surface area (TPSA) is 111 Å². The molecule has 0 bridgehead atoms. The van der Waals surface area contributed by atoms with Crippen LogP contribution in [-0.2, 0) is 33.3 Å². The lowest BCUT2D eigenvalue weighted by molar-refractivity contribution is -0.870. The number of unbranched alkanes of at least 4 members (excludes halogenated alkanes) is 15. The molecule has 0 aliphatic rings. The van der Waals surface area contributed by atoms with Gasteiger partial charge in [-0.3, -0.25) is 9.59 Å². The molecule has 0 fully saturated rings. The highest BCUT2D eigenvalue weighted by atomic mass is 16.7. The molecule has 2 unspecified atom stereocenters. The fourth-order valence-corrected chi connectivity index (χ4v) is 9.62. The van der Waals surface area contributed by atoms with Crippen LogP contribution in [0.2, 0.25) is 0 Å². The fraction of sp³-hybridized carbons (Fsp3) is 0.544. The zero-order valence-electron chi connectivity index (χ0n) is 63.0. The first-order valence-electron chi connectivity index (χ1n) is 38.5. The number of carboxylic acids is 1. The largest absolute Gasteiger partial charge is 0.545 e. The van der Waals surface area contributed by atoms with Crippen LogP contribution in [0.5, 0.6) is 0 Å². The third kappa shape index (κ3) is 78.6. The number of likely N-dealkylation sites (N-methyl/N-ethyl adjacent to an activating group) is 1. The summed E-state index contributed by atoms with van der Waals surface area (Å²) in [5, 5.41) is 11.9. The molecule has 0 aromatic rings. The first kappa shape index (κ1) is 92.4. The van der Waals surface area contributed by atoms with E-state index in [1.54, 1.807) is 0 Å². The number of aliphatic carboxylic acids is 1.